The number of benzene rings is 2. The Kier molecular flexibility index (Phi) is 10.5. The van der Waals surface area contributed by atoms with Crippen LogP contribution in [-0.4, -0.2) is 79.2 Å². The number of likely N-dealkylation sites (tertiary alicyclic amines) is 1. The Morgan fingerprint density at radius 3 is 2.38 bits per heavy atom. The number of anilines is 1. The van der Waals surface area contributed by atoms with Gasteiger partial charge in [-0.2, -0.15) is 0 Å². The first kappa shape index (κ1) is 33.8. The number of halogens is 2. The number of amides is 3. The van der Waals surface area contributed by atoms with Gasteiger partial charge in [-0.25, -0.2) is 0 Å². The van der Waals surface area contributed by atoms with Gasteiger partial charge >= 0.3 is 0 Å². The van der Waals surface area contributed by atoms with E-state index in [1.807, 2.05) is 44.2 Å². The van der Waals surface area contributed by atoms with Gasteiger partial charge in [0.1, 0.15) is 6.04 Å². The van der Waals surface area contributed by atoms with Gasteiger partial charge in [-0.3, -0.25) is 14.4 Å². The minimum atomic E-state index is -0.878. The van der Waals surface area contributed by atoms with Crippen molar-refractivity contribution in [1.82, 2.24) is 9.80 Å². The van der Waals surface area contributed by atoms with Crippen molar-refractivity contribution in [3.05, 3.63) is 90.5 Å². The van der Waals surface area contributed by atoms with Crippen LogP contribution in [0.3, 0.4) is 0 Å². The lowest BCUT2D eigenvalue weighted by Crippen LogP contribution is -2.58. The SMILES string of the molecule is C=CCN(Cc1ccccc1)C(=O)[C@H]1[C@H]2C(=O)N([C@@H](CO)CC(C)C)C(C(=O)N(CC=C)c3ccc(Cl)cc3)C23CC(Br)[C@@H]1S3. The van der Waals surface area contributed by atoms with Crippen LogP contribution in [0.25, 0.3) is 0 Å². The first-order valence-corrected chi connectivity index (χ1v) is 17.6. The van der Waals surface area contributed by atoms with Crippen molar-refractivity contribution in [2.24, 2.45) is 17.8 Å². The van der Waals surface area contributed by atoms with Crippen LogP contribution in [0.5, 0.6) is 0 Å². The fourth-order valence-corrected chi connectivity index (χ4v) is 11.2. The van der Waals surface area contributed by atoms with Crippen LogP contribution in [0.1, 0.15) is 32.3 Å². The quantitative estimate of drug-likeness (QED) is 0.205. The Hall–Kier alpha value is -2.59. The molecule has 2 bridgehead atoms. The predicted molar refractivity (Wildman–Crippen MR) is 185 cm³/mol. The second-order valence-electron chi connectivity index (χ2n) is 12.6. The molecule has 3 aliphatic heterocycles. The van der Waals surface area contributed by atoms with Gasteiger partial charge in [0.05, 0.1) is 29.2 Å². The number of thioether (sulfide) groups is 1. The fraction of sp³-hybridized carbons (Fsp3) is 0.457. The van der Waals surface area contributed by atoms with E-state index in [1.54, 1.807) is 62.9 Å². The van der Waals surface area contributed by atoms with Gasteiger partial charge in [0.25, 0.3) is 5.91 Å². The number of carbonyl (C=O) groups excluding carboxylic acids is 3. The minimum Gasteiger partial charge on any atom is -0.394 e. The van der Waals surface area contributed by atoms with E-state index in [2.05, 4.69) is 29.1 Å². The Bertz CT molecular complexity index is 1430. The maximum atomic E-state index is 14.9. The van der Waals surface area contributed by atoms with Crippen LogP contribution in [0.2, 0.25) is 5.02 Å². The molecule has 45 heavy (non-hydrogen) atoms. The molecule has 0 aliphatic carbocycles. The van der Waals surface area contributed by atoms with E-state index in [0.29, 0.717) is 36.6 Å². The van der Waals surface area contributed by atoms with Gasteiger partial charge < -0.3 is 19.8 Å². The van der Waals surface area contributed by atoms with E-state index in [-0.39, 0.29) is 46.9 Å². The number of hydrogen-bond donors (Lipinski definition) is 1. The standard InChI is InChI=1S/C35H41BrClN3O4S/c1-5-16-38(20-23-10-8-7-9-11-23)32(42)28-29-33(43)40(26(21-41)18-22(3)4)31(35(29)19-27(36)30(28)45-35)34(44)39(17-6-2)25-14-12-24(37)13-15-25/h5-15,22,26-31,41H,1-2,16-21H2,3-4H3/t26-,27?,28+,29+,30+,31?,35?/m1/s1. The largest absolute Gasteiger partial charge is 0.394 e. The molecular formula is C35H41BrClN3O4S. The summed E-state index contributed by atoms with van der Waals surface area (Å²) in [6, 6.07) is 15.4. The number of carbonyl (C=O) groups is 3. The molecule has 0 aromatic heterocycles. The molecule has 7 nitrogen and oxygen atoms in total. The maximum Gasteiger partial charge on any atom is 0.251 e. The number of alkyl halides is 1. The summed E-state index contributed by atoms with van der Waals surface area (Å²) < 4.78 is -0.851. The molecule has 5 rings (SSSR count). The van der Waals surface area contributed by atoms with Gasteiger partial charge in [0.2, 0.25) is 11.8 Å². The molecular weight excluding hydrogens is 674 g/mol. The molecule has 3 heterocycles. The normalized spacial score (nSPS) is 27.4. The summed E-state index contributed by atoms with van der Waals surface area (Å²) >= 11 is 11.7. The van der Waals surface area contributed by atoms with Crippen LogP contribution in [0.4, 0.5) is 5.69 Å². The Morgan fingerprint density at radius 1 is 1.11 bits per heavy atom. The van der Waals surface area contributed by atoms with Crippen molar-refractivity contribution in [3.63, 3.8) is 0 Å². The number of rotatable bonds is 13. The van der Waals surface area contributed by atoms with Crippen LogP contribution >= 0.6 is 39.3 Å². The fourth-order valence-electron chi connectivity index (χ4n) is 7.47. The van der Waals surface area contributed by atoms with Gasteiger partial charge in [-0.1, -0.05) is 83.9 Å². The topological polar surface area (TPSA) is 81.2 Å². The molecule has 2 aromatic carbocycles. The molecule has 2 aromatic rings. The van der Waals surface area contributed by atoms with E-state index in [9.17, 15) is 19.5 Å². The zero-order valence-electron chi connectivity index (χ0n) is 25.7. The third-order valence-electron chi connectivity index (χ3n) is 9.19. The third kappa shape index (κ3) is 6.25. The summed E-state index contributed by atoms with van der Waals surface area (Å²) in [6.07, 6.45) is 4.45. The number of nitrogens with zero attached hydrogens (tertiary/aromatic N) is 3. The molecule has 10 heteroatoms. The molecule has 7 atom stereocenters. The average molecular weight is 715 g/mol. The zero-order chi connectivity index (χ0) is 32.5. The number of fused-ring (bicyclic) bond motifs is 1. The Morgan fingerprint density at radius 2 is 1.78 bits per heavy atom. The number of aliphatic hydroxyl groups excluding tert-OH is 1. The lowest BCUT2D eigenvalue weighted by molar-refractivity contribution is -0.145. The highest BCUT2D eigenvalue weighted by Gasteiger charge is 2.76. The van der Waals surface area contributed by atoms with Crippen molar-refractivity contribution in [2.75, 3.05) is 24.6 Å². The molecule has 240 valence electrons. The van der Waals surface area contributed by atoms with Crippen LogP contribution in [0.15, 0.2) is 79.9 Å². The van der Waals surface area contributed by atoms with E-state index in [0.717, 1.165) is 5.56 Å². The first-order chi connectivity index (χ1) is 21.6. The average Bonchev–Trinajstić information content (AvgIpc) is 3.62. The van der Waals surface area contributed by atoms with Crippen molar-refractivity contribution in [2.45, 2.75) is 60.1 Å². The summed E-state index contributed by atoms with van der Waals surface area (Å²) in [5.74, 6) is -1.76. The summed E-state index contributed by atoms with van der Waals surface area (Å²) in [5.41, 5.74) is 1.63. The zero-order valence-corrected chi connectivity index (χ0v) is 28.9. The van der Waals surface area contributed by atoms with E-state index >= 15 is 0 Å². The highest BCUT2D eigenvalue weighted by Crippen LogP contribution is 2.68. The molecule has 3 fully saturated rings. The summed E-state index contributed by atoms with van der Waals surface area (Å²) in [7, 11) is 0. The van der Waals surface area contributed by atoms with Crippen molar-refractivity contribution in [3.8, 4) is 0 Å². The second-order valence-corrected chi connectivity index (χ2v) is 15.7. The van der Waals surface area contributed by atoms with Gasteiger partial charge in [0, 0.05) is 40.4 Å². The van der Waals surface area contributed by atoms with Crippen LogP contribution in [-0.2, 0) is 20.9 Å². The summed E-state index contributed by atoms with van der Waals surface area (Å²) in [4.78, 5) is 49.2. The molecule has 3 amide bonds. The summed E-state index contributed by atoms with van der Waals surface area (Å²) in [5, 5.41) is 11.0. The third-order valence-corrected chi connectivity index (χ3v) is 12.7. The number of hydrogen-bond acceptors (Lipinski definition) is 5. The molecule has 0 radical (unpaired) electrons. The van der Waals surface area contributed by atoms with Gasteiger partial charge in [-0.15, -0.1) is 24.9 Å². The van der Waals surface area contributed by atoms with Crippen molar-refractivity contribution in [1.29, 1.82) is 0 Å². The Labute approximate surface area is 283 Å². The molecule has 3 aliphatic rings. The monoisotopic (exact) mass is 713 g/mol. The molecule has 3 unspecified atom stereocenters. The minimum absolute atomic E-state index is 0.0703. The molecule has 1 N–H and O–H groups in total. The molecule has 3 saturated heterocycles. The Balaban J connectivity index is 1.60. The van der Waals surface area contributed by atoms with Gasteiger partial charge in [0.15, 0.2) is 0 Å². The van der Waals surface area contributed by atoms with E-state index in [1.165, 1.54) is 0 Å². The lowest BCUT2D eigenvalue weighted by Gasteiger charge is -2.40. The highest BCUT2D eigenvalue weighted by molar-refractivity contribution is 9.09. The highest BCUT2D eigenvalue weighted by atomic mass is 79.9. The van der Waals surface area contributed by atoms with Crippen LogP contribution in [0, 0.1) is 17.8 Å². The summed E-state index contributed by atoms with van der Waals surface area (Å²) in [6.45, 7) is 12.5. The molecule has 0 saturated carbocycles. The lowest BCUT2D eigenvalue weighted by atomic mass is 9.70. The van der Waals surface area contributed by atoms with E-state index < -0.39 is 28.7 Å². The maximum absolute atomic E-state index is 14.9. The van der Waals surface area contributed by atoms with Crippen molar-refractivity contribution >= 4 is 62.7 Å². The number of aliphatic hydroxyl groups is 1. The molecule has 1 spiro atoms. The first-order valence-electron chi connectivity index (χ1n) is 15.4. The van der Waals surface area contributed by atoms with Gasteiger partial charge in [-0.05, 0) is 48.6 Å². The predicted octanol–water partition coefficient (Wildman–Crippen LogP) is 5.95. The van der Waals surface area contributed by atoms with Crippen LogP contribution < -0.4 is 4.90 Å². The smallest absolute Gasteiger partial charge is 0.251 e. The van der Waals surface area contributed by atoms with Crippen molar-refractivity contribution < 1.29 is 19.5 Å². The van der Waals surface area contributed by atoms with E-state index in [4.69, 9.17) is 11.6 Å². The second kappa shape index (κ2) is 14.0.